The van der Waals surface area contributed by atoms with E-state index in [9.17, 15) is 14.4 Å². The zero-order valence-electron chi connectivity index (χ0n) is 21.3. The molecule has 37 heavy (non-hydrogen) atoms. The van der Waals surface area contributed by atoms with Crippen molar-refractivity contribution in [3.63, 3.8) is 0 Å². The average molecular weight is 568 g/mol. The highest BCUT2D eigenvalue weighted by atomic mass is 79.9. The maximum atomic E-state index is 14.3. The minimum absolute atomic E-state index is 0.154. The van der Waals surface area contributed by atoms with Gasteiger partial charge in [-0.1, -0.05) is 40.2 Å². The second-order valence-corrected chi connectivity index (χ2v) is 9.97. The summed E-state index contributed by atoms with van der Waals surface area (Å²) in [5, 5.41) is 0. The molecule has 0 aromatic heterocycles. The van der Waals surface area contributed by atoms with Gasteiger partial charge in [-0.15, -0.1) is 0 Å². The molecule has 1 fully saturated rings. The maximum absolute atomic E-state index is 14.3. The number of carbonyl (C=O) groups is 3. The van der Waals surface area contributed by atoms with Crippen molar-refractivity contribution < 1.29 is 28.6 Å². The molecule has 0 radical (unpaired) electrons. The van der Waals surface area contributed by atoms with Crippen LogP contribution in [0.4, 0.5) is 0 Å². The fourth-order valence-electron chi connectivity index (χ4n) is 5.40. The molecule has 194 valence electrons. The third kappa shape index (κ3) is 5.25. The standard InChI is InChI=1S/C29H30BrNO6/c1-5-36-28(33)23-16(3)31-22-15-21(17-9-8-12-20(14-17)35-4)25(29(34)37-6-2)27(32)26(22)24(23)18-10-7-11-19(30)13-18/h7-14,21,24-26H,5-6,15H2,1-4H3/t21-,24+,25+,26?/m0/s1. The van der Waals surface area contributed by atoms with Gasteiger partial charge in [0.2, 0.25) is 0 Å². The Bertz CT molecular complexity index is 1280. The van der Waals surface area contributed by atoms with E-state index in [1.165, 1.54) is 0 Å². The SMILES string of the molecule is CCOC(=O)C1=C(C)N=C2C[C@@H](c3cccc(OC)c3)[C@@H](C(=O)OCC)C(=O)C2[C@@H]1c1cccc(Br)c1. The van der Waals surface area contributed by atoms with E-state index in [1.807, 2.05) is 48.5 Å². The van der Waals surface area contributed by atoms with Crippen molar-refractivity contribution in [1.29, 1.82) is 0 Å². The number of hydrogen-bond acceptors (Lipinski definition) is 7. The average Bonchev–Trinajstić information content (AvgIpc) is 2.88. The number of esters is 2. The van der Waals surface area contributed by atoms with Crippen LogP contribution in [0.15, 0.2) is 69.3 Å². The highest BCUT2D eigenvalue weighted by Crippen LogP contribution is 2.48. The number of rotatable bonds is 7. The summed E-state index contributed by atoms with van der Waals surface area (Å²) in [6.07, 6.45) is 0.366. The number of fused-ring (bicyclic) bond motifs is 1. The molecule has 4 atom stereocenters. The number of ketones is 1. The van der Waals surface area contributed by atoms with Crippen LogP contribution in [0, 0.1) is 11.8 Å². The van der Waals surface area contributed by atoms with Crippen LogP contribution in [0.25, 0.3) is 0 Å². The van der Waals surface area contributed by atoms with Crippen molar-refractivity contribution in [1.82, 2.24) is 0 Å². The number of nitrogens with zero attached hydrogens (tertiary/aromatic N) is 1. The zero-order chi connectivity index (χ0) is 26.7. The normalized spacial score (nSPS) is 23.2. The highest BCUT2D eigenvalue weighted by Gasteiger charge is 2.53. The van der Waals surface area contributed by atoms with Gasteiger partial charge in [-0.25, -0.2) is 4.79 Å². The first-order valence-electron chi connectivity index (χ1n) is 12.4. The Labute approximate surface area is 225 Å². The minimum atomic E-state index is -1.05. The Morgan fingerprint density at radius 1 is 1.00 bits per heavy atom. The molecule has 1 unspecified atom stereocenters. The molecule has 1 aliphatic carbocycles. The van der Waals surface area contributed by atoms with Gasteiger partial charge in [0.15, 0.2) is 5.78 Å². The van der Waals surface area contributed by atoms with Gasteiger partial charge in [0, 0.05) is 27.7 Å². The van der Waals surface area contributed by atoms with E-state index < -0.39 is 35.6 Å². The molecule has 4 rings (SSSR count). The molecular formula is C29H30BrNO6. The van der Waals surface area contributed by atoms with E-state index in [0.29, 0.717) is 29.2 Å². The monoisotopic (exact) mass is 567 g/mol. The van der Waals surface area contributed by atoms with E-state index in [2.05, 4.69) is 15.9 Å². The molecule has 0 amide bonds. The lowest BCUT2D eigenvalue weighted by molar-refractivity contribution is -0.153. The molecule has 1 saturated carbocycles. The Kier molecular flexibility index (Phi) is 8.27. The molecular weight excluding hydrogens is 538 g/mol. The second-order valence-electron chi connectivity index (χ2n) is 9.05. The maximum Gasteiger partial charge on any atom is 0.336 e. The summed E-state index contributed by atoms with van der Waals surface area (Å²) >= 11 is 3.51. The van der Waals surface area contributed by atoms with Crippen LogP contribution in [-0.2, 0) is 23.9 Å². The van der Waals surface area contributed by atoms with Crippen molar-refractivity contribution in [2.45, 2.75) is 39.0 Å². The van der Waals surface area contributed by atoms with Gasteiger partial charge >= 0.3 is 11.9 Å². The molecule has 0 saturated heterocycles. The predicted molar refractivity (Wildman–Crippen MR) is 143 cm³/mol. The van der Waals surface area contributed by atoms with Crippen LogP contribution in [-0.4, -0.2) is 43.8 Å². The lowest BCUT2D eigenvalue weighted by Crippen LogP contribution is -2.48. The summed E-state index contributed by atoms with van der Waals surface area (Å²) in [7, 11) is 1.57. The molecule has 8 heteroatoms. The molecule has 0 bridgehead atoms. The van der Waals surface area contributed by atoms with Crippen molar-refractivity contribution in [3.05, 3.63) is 75.4 Å². The van der Waals surface area contributed by atoms with Crippen LogP contribution in [0.1, 0.15) is 50.2 Å². The molecule has 0 spiro atoms. The van der Waals surface area contributed by atoms with Crippen LogP contribution in [0.5, 0.6) is 5.75 Å². The van der Waals surface area contributed by atoms with Crippen molar-refractivity contribution in [2.75, 3.05) is 20.3 Å². The van der Waals surface area contributed by atoms with Crippen LogP contribution >= 0.6 is 15.9 Å². The third-order valence-corrected chi connectivity index (χ3v) is 7.41. The molecule has 0 N–H and O–H groups in total. The zero-order valence-corrected chi connectivity index (χ0v) is 22.9. The fourth-order valence-corrected chi connectivity index (χ4v) is 5.82. The number of methoxy groups -OCH3 is 1. The first kappa shape index (κ1) is 26.8. The smallest absolute Gasteiger partial charge is 0.336 e. The number of allylic oxidation sites excluding steroid dienone is 1. The van der Waals surface area contributed by atoms with E-state index in [1.54, 1.807) is 27.9 Å². The van der Waals surface area contributed by atoms with Crippen molar-refractivity contribution in [2.24, 2.45) is 16.8 Å². The summed E-state index contributed by atoms with van der Waals surface area (Å²) < 4.78 is 17.0. The van der Waals surface area contributed by atoms with E-state index in [0.717, 1.165) is 15.6 Å². The van der Waals surface area contributed by atoms with Gasteiger partial charge in [-0.3, -0.25) is 14.6 Å². The quantitative estimate of drug-likeness (QED) is 0.329. The number of Topliss-reactive ketones (excluding diaryl/α,β-unsaturated/α-hetero) is 1. The summed E-state index contributed by atoms with van der Waals surface area (Å²) in [6, 6.07) is 14.9. The molecule has 2 aromatic carbocycles. The highest BCUT2D eigenvalue weighted by molar-refractivity contribution is 9.10. The van der Waals surface area contributed by atoms with E-state index >= 15 is 0 Å². The summed E-state index contributed by atoms with van der Waals surface area (Å²) in [4.78, 5) is 45.5. The van der Waals surface area contributed by atoms with Gasteiger partial charge in [-0.2, -0.15) is 0 Å². The predicted octanol–water partition coefficient (Wildman–Crippen LogP) is 5.39. The number of hydrogen-bond donors (Lipinski definition) is 0. The first-order valence-corrected chi connectivity index (χ1v) is 13.1. The lowest BCUT2D eigenvalue weighted by Gasteiger charge is -2.41. The third-order valence-electron chi connectivity index (χ3n) is 6.91. The number of halogens is 1. The summed E-state index contributed by atoms with van der Waals surface area (Å²) in [5.41, 5.74) is 3.06. The van der Waals surface area contributed by atoms with Crippen LogP contribution < -0.4 is 4.74 Å². The van der Waals surface area contributed by atoms with Gasteiger partial charge in [0.05, 0.1) is 31.8 Å². The summed E-state index contributed by atoms with van der Waals surface area (Å²) in [6.45, 7) is 5.57. The minimum Gasteiger partial charge on any atom is -0.497 e. The Hall–Kier alpha value is -3.26. The number of benzene rings is 2. The largest absolute Gasteiger partial charge is 0.497 e. The topological polar surface area (TPSA) is 91.3 Å². The molecule has 2 aliphatic rings. The Morgan fingerprint density at radius 3 is 2.38 bits per heavy atom. The van der Waals surface area contributed by atoms with Crippen molar-refractivity contribution >= 4 is 39.4 Å². The number of ether oxygens (including phenoxy) is 3. The number of aliphatic imine (C=N–C) groups is 1. The van der Waals surface area contributed by atoms with E-state index in [-0.39, 0.29) is 19.0 Å². The van der Waals surface area contributed by atoms with Crippen molar-refractivity contribution in [3.8, 4) is 5.75 Å². The first-order chi connectivity index (χ1) is 17.8. The van der Waals surface area contributed by atoms with Gasteiger partial charge in [0.1, 0.15) is 11.7 Å². The Morgan fingerprint density at radius 2 is 1.70 bits per heavy atom. The van der Waals surface area contributed by atoms with Crippen LogP contribution in [0.2, 0.25) is 0 Å². The second kappa shape index (κ2) is 11.4. The van der Waals surface area contributed by atoms with Gasteiger partial charge in [-0.05, 0) is 62.6 Å². The molecule has 7 nitrogen and oxygen atoms in total. The number of carbonyl (C=O) groups excluding carboxylic acids is 3. The lowest BCUT2D eigenvalue weighted by atomic mass is 9.62. The molecule has 1 heterocycles. The van der Waals surface area contributed by atoms with Gasteiger partial charge in [0.25, 0.3) is 0 Å². The van der Waals surface area contributed by atoms with E-state index in [4.69, 9.17) is 19.2 Å². The molecule has 2 aromatic rings. The molecule has 1 aliphatic heterocycles. The van der Waals surface area contributed by atoms with Crippen LogP contribution in [0.3, 0.4) is 0 Å². The van der Waals surface area contributed by atoms with Gasteiger partial charge < -0.3 is 14.2 Å². The summed E-state index contributed by atoms with van der Waals surface area (Å²) in [5.74, 6) is -3.72. The Balaban J connectivity index is 1.90. The fraction of sp³-hybridized carbons (Fsp3) is 0.379.